The summed E-state index contributed by atoms with van der Waals surface area (Å²) in [4.78, 5) is 13.0. The Hall–Kier alpha value is -1.77. The van der Waals surface area contributed by atoms with E-state index in [9.17, 15) is 4.79 Å². The molecule has 0 radical (unpaired) electrons. The average Bonchev–Trinajstić information content (AvgIpc) is 3.25. The number of benzene rings is 1. The third-order valence-corrected chi connectivity index (χ3v) is 7.87. The van der Waals surface area contributed by atoms with Crippen molar-refractivity contribution >= 4 is 5.78 Å². The van der Waals surface area contributed by atoms with E-state index in [4.69, 9.17) is 9.47 Å². The molecule has 0 unspecified atom stereocenters. The highest BCUT2D eigenvalue weighted by atomic mass is 16.5. The fourth-order valence-electron chi connectivity index (χ4n) is 6.00. The number of hydrogen-bond acceptors (Lipinski definition) is 3. The Morgan fingerprint density at radius 2 is 1.69 bits per heavy atom. The van der Waals surface area contributed by atoms with Gasteiger partial charge in [0.2, 0.25) is 0 Å². The molecule has 1 aromatic carbocycles. The zero-order chi connectivity index (χ0) is 23.4. The maximum atomic E-state index is 13.0. The van der Waals surface area contributed by atoms with Gasteiger partial charge >= 0.3 is 0 Å². The summed E-state index contributed by atoms with van der Waals surface area (Å²) >= 11 is 0. The van der Waals surface area contributed by atoms with Crippen LogP contribution in [0.4, 0.5) is 0 Å². The lowest BCUT2D eigenvalue weighted by Crippen LogP contribution is -2.33. The maximum absolute atomic E-state index is 13.0. The summed E-state index contributed by atoms with van der Waals surface area (Å²) in [6.07, 6.45) is 15.8. The van der Waals surface area contributed by atoms with Gasteiger partial charge in [-0.25, -0.2) is 0 Å². The van der Waals surface area contributed by atoms with Crippen LogP contribution in [0.2, 0.25) is 0 Å². The Balaban J connectivity index is 1.95. The van der Waals surface area contributed by atoms with Gasteiger partial charge in [-0.05, 0) is 61.1 Å². The predicted molar refractivity (Wildman–Crippen MR) is 133 cm³/mol. The number of allylic oxidation sites excluding steroid dienone is 2. The van der Waals surface area contributed by atoms with E-state index >= 15 is 0 Å². The first-order chi connectivity index (χ1) is 15.3. The molecule has 178 valence electrons. The lowest BCUT2D eigenvalue weighted by atomic mass is 9.67. The van der Waals surface area contributed by atoms with Crippen molar-refractivity contribution in [3.05, 3.63) is 35.4 Å². The minimum Gasteiger partial charge on any atom is -0.496 e. The van der Waals surface area contributed by atoms with Gasteiger partial charge in [0.25, 0.3) is 0 Å². The molecule has 3 nitrogen and oxygen atoms in total. The number of rotatable bonds is 8. The molecule has 3 heteroatoms. The molecule has 0 spiro atoms. The summed E-state index contributed by atoms with van der Waals surface area (Å²) in [6, 6.07) is 4.49. The van der Waals surface area contributed by atoms with Gasteiger partial charge < -0.3 is 9.47 Å². The number of unbranched alkanes of at least 4 members (excludes halogenated alkanes) is 2. The summed E-state index contributed by atoms with van der Waals surface area (Å²) in [5, 5.41) is 0. The van der Waals surface area contributed by atoms with Crippen molar-refractivity contribution in [1.82, 2.24) is 0 Å². The molecule has 0 aliphatic heterocycles. The van der Waals surface area contributed by atoms with Gasteiger partial charge in [-0.15, -0.1) is 0 Å². The smallest absolute Gasteiger partial charge is 0.137 e. The van der Waals surface area contributed by atoms with Crippen LogP contribution in [0.3, 0.4) is 0 Å². The highest BCUT2D eigenvalue weighted by Crippen LogP contribution is 2.50. The molecule has 1 aromatic rings. The summed E-state index contributed by atoms with van der Waals surface area (Å²) < 4.78 is 11.9. The molecule has 2 saturated carbocycles. The summed E-state index contributed by atoms with van der Waals surface area (Å²) in [5.74, 6) is 2.47. The Morgan fingerprint density at radius 3 is 2.19 bits per heavy atom. The third-order valence-electron chi connectivity index (χ3n) is 7.87. The highest BCUT2D eigenvalue weighted by Gasteiger charge is 2.39. The van der Waals surface area contributed by atoms with E-state index < -0.39 is 0 Å². The van der Waals surface area contributed by atoms with Crippen molar-refractivity contribution in [3.8, 4) is 11.5 Å². The molecule has 3 rings (SSSR count). The minimum atomic E-state index is 0.0268. The molecule has 2 fully saturated rings. The van der Waals surface area contributed by atoms with E-state index in [0.29, 0.717) is 12.2 Å². The summed E-state index contributed by atoms with van der Waals surface area (Å²) in [5.41, 5.74) is 2.49. The summed E-state index contributed by atoms with van der Waals surface area (Å²) in [6.45, 7) is 8.79. The van der Waals surface area contributed by atoms with Crippen LogP contribution in [0.15, 0.2) is 24.3 Å². The van der Waals surface area contributed by atoms with Crippen LogP contribution in [0.5, 0.6) is 11.5 Å². The van der Waals surface area contributed by atoms with Crippen molar-refractivity contribution in [2.75, 3.05) is 14.2 Å². The van der Waals surface area contributed by atoms with E-state index in [1.54, 1.807) is 14.2 Å². The van der Waals surface area contributed by atoms with Gasteiger partial charge in [0.15, 0.2) is 0 Å². The van der Waals surface area contributed by atoms with Gasteiger partial charge in [0.05, 0.1) is 14.2 Å². The second-order valence-corrected chi connectivity index (χ2v) is 11.1. The van der Waals surface area contributed by atoms with Crippen molar-refractivity contribution in [2.24, 2.45) is 11.3 Å². The molecule has 0 amide bonds. The number of ketones is 1. The quantitative estimate of drug-likeness (QED) is 0.306. The normalized spacial score (nSPS) is 23.6. The van der Waals surface area contributed by atoms with Crippen molar-refractivity contribution in [3.63, 3.8) is 0 Å². The molecular weight excluding hydrogens is 396 g/mol. The van der Waals surface area contributed by atoms with E-state index in [0.717, 1.165) is 36.3 Å². The second-order valence-electron chi connectivity index (χ2n) is 11.1. The first-order valence-corrected chi connectivity index (χ1v) is 12.7. The molecule has 2 atom stereocenters. The van der Waals surface area contributed by atoms with Crippen LogP contribution in [-0.4, -0.2) is 20.0 Å². The number of methoxy groups -OCH3 is 2. The number of carbonyl (C=O) groups is 1. The fraction of sp³-hybridized carbons (Fsp3) is 0.690. The van der Waals surface area contributed by atoms with Gasteiger partial charge in [0.1, 0.15) is 17.3 Å². The number of Topliss-reactive ketones (excluding diaryl/α,β-unsaturated/α-hetero) is 1. The van der Waals surface area contributed by atoms with Crippen LogP contribution in [0, 0.1) is 11.3 Å². The van der Waals surface area contributed by atoms with Crippen molar-refractivity contribution < 1.29 is 14.3 Å². The number of ether oxygens (including phenoxy) is 2. The molecule has 0 saturated heterocycles. The van der Waals surface area contributed by atoms with Crippen LogP contribution in [0.1, 0.15) is 109 Å². The van der Waals surface area contributed by atoms with Gasteiger partial charge in [-0.2, -0.15) is 0 Å². The van der Waals surface area contributed by atoms with E-state index in [2.05, 4.69) is 52.0 Å². The van der Waals surface area contributed by atoms with Crippen LogP contribution >= 0.6 is 0 Å². The molecule has 0 heterocycles. The lowest BCUT2D eigenvalue weighted by Gasteiger charge is -2.37. The number of hydrogen-bond donors (Lipinski definition) is 0. The van der Waals surface area contributed by atoms with Crippen LogP contribution < -0.4 is 9.47 Å². The topological polar surface area (TPSA) is 35.5 Å². The zero-order valence-electron chi connectivity index (χ0n) is 21.3. The maximum Gasteiger partial charge on any atom is 0.137 e. The van der Waals surface area contributed by atoms with Crippen LogP contribution in [-0.2, 0) is 10.2 Å². The fourth-order valence-corrected chi connectivity index (χ4v) is 6.00. The standard InChI is InChI=1S/C29H44O3/c1-7-8-9-10-15-29(16-11-12-17-29)22-19-25(31-5)27(26(20-22)32-6)21-13-14-23(24(30)18-21)28(2,3)4/h10,15,19-21,23H,7-9,11-14,16-18H2,1-6H3/b15-10-/t21-,23-/m0/s1. The lowest BCUT2D eigenvalue weighted by molar-refractivity contribution is -0.128. The largest absolute Gasteiger partial charge is 0.496 e. The Morgan fingerprint density at radius 1 is 1.06 bits per heavy atom. The molecule has 0 aromatic heterocycles. The highest BCUT2D eigenvalue weighted by molar-refractivity contribution is 5.83. The second kappa shape index (κ2) is 10.4. The van der Waals surface area contributed by atoms with E-state index in [1.807, 2.05) is 0 Å². The van der Waals surface area contributed by atoms with Gasteiger partial charge in [-0.1, -0.05) is 65.5 Å². The summed E-state index contributed by atoms with van der Waals surface area (Å²) in [7, 11) is 3.51. The SMILES string of the molecule is CCCC/C=C\C1(c2cc(OC)c([C@H]3CC[C@H](C(C)(C)C)C(=O)C3)c(OC)c2)CCCC1. The third kappa shape index (κ3) is 5.24. The molecular formula is C29H44O3. The molecule has 2 aliphatic rings. The Bertz CT molecular complexity index is 783. The first-order valence-electron chi connectivity index (χ1n) is 12.7. The van der Waals surface area contributed by atoms with Gasteiger partial charge in [0, 0.05) is 23.3 Å². The van der Waals surface area contributed by atoms with Crippen molar-refractivity contribution in [2.45, 2.75) is 103 Å². The van der Waals surface area contributed by atoms with Crippen LogP contribution in [0.25, 0.3) is 0 Å². The first kappa shape index (κ1) is 24.9. The Labute approximate surface area is 196 Å². The molecule has 0 N–H and O–H groups in total. The molecule has 0 bridgehead atoms. The molecule has 32 heavy (non-hydrogen) atoms. The zero-order valence-corrected chi connectivity index (χ0v) is 21.3. The van der Waals surface area contributed by atoms with Crippen molar-refractivity contribution in [1.29, 1.82) is 0 Å². The van der Waals surface area contributed by atoms with E-state index in [-0.39, 0.29) is 22.7 Å². The molecule has 2 aliphatic carbocycles. The monoisotopic (exact) mass is 440 g/mol. The predicted octanol–water partition coefficient (Wildman–Crippen LogP) is 7.76. The van der Waals surface area contributed by atoms with Gasteiger partial charge in [-0.3, -0.25) is 4.79 Å². The minimum absolute atomic E-state index is 0.0268. The Kier molecular flexibility index (Phi) is 8.11. The van der Waals surface area contributed by atoms with E-state index in [1.165, 1.54) is 44.1 Å². The average molecular weight is 441 g/mol. The number of carbonyl (C=O) groups excluding carboxylic acids is 1.